The number of hydrogen-bond donors (Lipinski definition) is 2. The van der Waals surface area contributed by atoms with Gasteiger partial charge in [-0.2, -0.15) is 0 Å². The molecule has 1 rings (SSSR count). The molecule has 0 aromatic carbocycles. The summed E-state index contributed by atoms with van der Waals surface area (Å²) in [7, 11) is 1.68. The van der Waals surface area contributed by atoms with Crippen molar-refractivity contribution >= 4 is 6.29 Å². The number of carbonyl (C=O) groups excluding carboxylic acids is 1. The fraction of sp³-hybridized carbons (Fsp3) is 0.692. The molecule has 1 aromatic heterocycles. The summed E-state index contributed by atoms with van der Waals surface area (Å²) in [5.74, 6) is 0.756. The SMILES string of the molecule is CCCc1nc(C=O)c(C(C)(C)O)[nH]1.CCOC. The fourth-order valence-electron chi connectivity index (χ4n) is 1.34. The molecule has 0 saturated carbocycles. The second-order valence-electron chi connectivity index (χ2n) is 4.45. The van der Waals surface area contributed by atoms with Crippen molar-refractivity contribution in [2.24, 2.45) is 0 Å². The Morgan fingerprint density at radius 1 is 1.44 bits per heavy atom. The molecule has 5 nitrogen and oxygen atoms in total. The van der Waals surface area contributed by atoms with Crippen molar-refractivity contribution in [1.29, 1.82) is 0 Å². The number of aldehydes is 1. The minimum absolute atomic E-state index is 0.306. The first-order valence-corrected chi connectivity index (χ1v) is 6.16. The van der Waals surface area contributed by atoms with Gasteiger partial charge in [0.1, 0.15) is 17.1 Å². The molecular formula is C13H24N2O3. The third-order valence-corrected chi connectivity index (χ3v) is 2.28. The maximum atomic E-state index is 10.7. The van der Waals surface area contributed by atoms with Crippen LogP contribution in [0.3, 0.4) is 0 Å². The molecule has 0 spiro atoms. The molecule has 0 bridgehead atoms. The second-order valence-corrected chi connectivity index (χ2v) is 4.45. The molecule has 0 unspecified atom stereocenters. The second kappa shape index (κ2) is 8.00. The molecule has 0 atom stereocenters. The summed E-state index contributed by atoms with van der Waals surface area (Å²) in [4.78, 5) is 17.8. The highest BCUT2D eigenvalue weighted by Crippen LogP contribution is 2.20. The van der Waals surface area contributed by atoms with E-state index in [1.165, 1.54) is 0 Å². The lowest BCUT2D eigenvalue weighted by Crippen LogP contribution is -2.18. The van der Waals surface area contributed by atoms with E-state index in [9.17, 15) is 9.90 Å². The summed E-state index contributed by atoms with van der Waals surface area (Å²) in [5, 5.41) is 9.75. The van der Waals surface area contributed by atoms with E-state index in [0.717, 1.165) is 25.3 Å². The van der Waals surface area contributed by atoms with E-state index < -0.39 is 5.60 Å². The number of carbonyl (C=O) groups is 1. The summed E-state index contributed by atoms with van der Waals surface area (Å²) in [6.45, 7) is 8.07. The Labute approximate surface area is 109 Å². The molecule has 0 aliphatic carbocycles. The van der Waals surface area contributed by atoms with Crippen molar-refractivity contribution in [3.8, 4) is 0 Å². The van der Waals surface area contributed by atoms with Crippen LogP contribution in [0.5, 0.6) is 0 Å². The first-order valence-electron chi connectivity index (χ1n) is 6.16. The van der Waals surface area contributed by atoms with Gasteiger partial charge in [0.2, 0.25) is 0 Å². The third-order valence-electron chi connectivity index (χ3n) is 2.28. The first-order chi connectivity index (χ1) is 8.40. The van der Waals surface area contributed by atoms with Gasteiger partial charge in [0.05, 0.1) is 5.69 Å². The van der Waals surface area contributed by atoms with Crippen LogP contribution in [0.1, 0.15) is 56.1 Å². The van der Waals surface area contributed by atoms with Crippen molar-refractivity contribution in [1.82, 2.24) is 9.97 Å². The Morgan fingerprint density at radius 2 is 2.00 bits per heavy atom. The maximum Gasteiger partial charge on any atom is 0.170 e. The number of rotatable bonds is 5. The largest absolute Gasteiger partial charge is 0.385 e. The van der Waals surface area contributed by atoms with Crippen LogP contribution in [0.4, 0.5) is 0 Å². The van der Waals surface area contributed by atoms with Gasteiger partial charge in [-0.15, -0.1) is 0 Å². The first kappa shape index (κ1) is 16.8. The lowest BCUT2D eigenvalue weighted by atomic mass is 10.0. The summed E-state index contributed by atoms with van der Waals surface area (Å²) >= 11 is 0. The number of hydrogen-bond acceptors (Lipinski definition) is 4. The zero-order chi connectivity index (χ0) is 14.2. The van der Waals surface area contributed by atoms with E-state index >= 15 is 0 Å². The van der Waals surface area contributed by atoms with Gasteiger partial charge in [0.15, 0.2) is 6.29 Å². The highest BCUT2D eigenvalue weighted by Gasteiger charge is 2.23. The van der Waals surface area contributed by atoms with Gasteiger partial charge in [0, 0.05) is 20.1 Å². The lowest BCUT2D eigenvalue weighted by molar-refractivity contribution is 0.0725. The van der Waals surface area contributed by atoms with Crippen LogP contribution in [-0.2, 0) is 16.8 Å². The highest BCUT2D eigenvalue weighted by molar-refractivity contribution is 5.74. The molecule has 0 amide bonds. The number of nitrogens with zero attached hydrogens (tertiary/aromatic N) is 1. The Morgan fingerprint density at radius 3 is 2.28 bits per heavy atom. The lowest BCUT2D eigenvalue weighted by Gasteiger charge is -2.15. The van der Waals surface area contributed by atoms with Gasteiger partial charge in [-0.25, -0.2) is 4.98 Å². The van der Waals surface area contributed by atoms with E-state index in [-0.39, 0.29) is 0 Å². The van der Waals surface area contributed by atoms with E-state index in [4.69, 9.17) is 0 Å². The van der Waals surface area contributed by atoms with Crippen molar-refractivity contribution in [3.63, 3.8) is 0 Å². The van der Waals surface area contributed by atoms with Crippen molar-refractivity contribution in [2.75, 3.05) is 13.7 Å². The molecule has 0 saturated heterocycles. The van der Waals surface area contributed by atoms with Crippen molar-refractivity contribution in [3.05, 3.63) is 17.2 Å². The topological polar surface area (TPSA) is 75.2 Å². The van der Waals surface area contributed by atoms with Crippen LogP contribution >= 0.6 is 0 Å². The molecule has 0 aliphatic heterocycles. The Bertz CT molecular complexity index is 352. The summed E-state index contributed by atoms with van der Waals surface area (Å²) in [6.07, 6.45) is 2.41. The van der Waals surface area contributed by atoms with Crippen molar-refractivity contribution < 1.29 is 14.6 Å². The zero-order valence-corrected chi connectivity index (χ0v) is 11.9. The van der Waals surface area contributed by atoms with Crippen LogP contribution in [0.15, 0.2) is 0 Å². The number of nitrogens with one attached hydrogen (secondary N) is 1. The normalized spacial score (nSPS) is 10.8. The quantitative estimate of drug-likeness (QED) is 0.791. The highest BCUT2D eigenvalue weighted by atomic mass is 16.5. The predicted octanol–water partition coefficient (Wildman–Crippen LogP) is 2.05. The van der Waals surface area contributed by atoms with Crippen molar-refractivity contribution in [2.45, 2.75) is 46.1 Å². The Kier molecular flexibility index (Phi) is 7.47. The van der Waals surface area contributed by atoms with Crippen LogP contribution in [0, 0.1) is 0 Å². The molecule has 18 heavy (non-hydrogen) atoms. The maximum absolute atomic E-state index is 10.7. The smallest absolute Gasteiger partial charge is 0.170 e. The van der Waals surface area contributed by atoms with Crippen LogP contribution in [0.2, 0.25) is 0 Å². The van der Waals surface area contributed by atoms with E-state index in [1.807, 2.05) is 13.8 Å². The van der Waals surface area contributed by atoms with Gasteiger partial charge in [-0.05, 0) is 27.2 Å². The monoisotopic (exact) mass is 256 g/mol. The van der Waals surface area contributed by atoms with Crippen LogP contribution < -0.4 is 0 Å². The number of H-pyrrole nitrogens is 1. The number of aryl methyl sites for hydroxylation is 1. The molecular weight excluding hydrogens is 232 g/mol. The standard InChI is InChI=1S/C10H16N2O2.C3H8O/c1-4-5-8-11-7(6-13)9(12-8)10(2,3)14;1-3-4-2/h6,14H,4-5H2,1-3H3,(H,11,12);3H2,1-2H3. The molecule has 0 radical (unpaired) electrons. The minimum Gasteiger partial charge on any atom is -0.385 e. The van der Waals surface area contributed by atoms with Gasteiger partial charge in [0.25, 0.3) is 0 Å². The van der Waals surface area contributed by atoms with Gasteiger partial charge in [-0.3, -0.25) is 4.79 Å². The van der Waals surface area contributed by atoms with Gasteiger partial charge >= 0.3 is 0 Å². The Balaban J connectivity index is 0.000000631. The molecule has 2 N–H and O–H groups in total. The number of aliphatic hydroxyl groups is 1. The third kappa shape index (κ3) is 5.42. The van der Waals surface area contributed by atoms with Crippen LogP contribution in [0.25, 0.3) is 0 Å². The summed E-state index contributed by atoms with van der Waals surface area (Å²) < 4.78 is 4.54. The predicted molar refractivity (Wildman–Crippen MR) is 70.8 cm³/mol. The van der Waals surface area contributed by atoms with E-state index in [1.54, 1.807) is 21.0 Å². The fourth-order valence-corrected chi connectivity index (χ4v) is 1.34. The molecule has 1 aromatic rings. The average molecular weight is 256 g/mol. The zero-order valence-electron chi connectivity index (χ0n) is 11.9. The van der Waals surface area contributed by atoms with E-state index in [2.05, 4.69) is 14.7 Å². The molecule has 104 valence electrons. The number of aromatic nitrogens is 2. The van der Waals surface area contributed by atoms with E-state index in [0.29, 0.717) is 17.7 Å². The molecule has 5 heteroatoms. The van der Waals surface area contributed by atoms with Gasteiger partial charge in [-0.1, -0.05) is 6.92 Å². The number of ether oxygens (including phenoxy) is 1. The van der Waals surface area contributed by atoms with Gasteiger partial charge < -0.3 is 14.8 Å². The minimum atomic E-state index is -1.05. The molecule has 0 aliphatic rings. The number of aromatic amines is 1. The molecule has 0 fully saturated rings. The summed E-state index contributed by atoms with van der Waals surface area (Å²) in [5.41, 5.74) is -0.244. The number of imidazole rings is 1. The summed E-state index contributed by atoms with van der Waals surface area (Å²) in [6, 6.07) is 0. The Hall–Kier alpha value is -1.20. The average Bonchev–Trinajstić information content (AvgIpc) is 2.73. The number of methoxy groups -OCH3 is 1. The van der Waals surface area contributed by atoms with Crippen LogP contribution in [-0.4, -0.2) is 35.1 Å². The molecule has 1 heterocycles.